The van der Waals surface area contributed by atoms with Crippen LogP contribution in [0.2, 0.25) is 0 Å². The molecule has 180 valence electrons. The number of phenolic OH excluding ortho intramolecular Hbond substituents is 1. The summed E-state index contributed by atoms with van der Waals surface area (Å²) in [5.41, 5.74) is 7.52. The van der Waals surface area contributed by atoms with Crippen molar-refractivity contribution in [3.8, 4) is 28.9 Å². The van der Waals surface area contributed by atoms with Gasteiger partial charge in [-0.15, -0.1) is 0 Å². The molecule has 0 aliphatic heterocycles. The van der Waals surface area contributed by atoms with Gasteiger partial charge in [-0.05, 0) is 42.5 Å². The average molecular weight is 488 g/mol. The van der Waals surface area contributed by atoms with Crippen LogP contribution in [0.5, 0.6) is 5.75 Å². The Morgan fingerprint density at radius 3 is 2.30 bits per heavy atom. The van der Waals surface area contributed by atoms with Gasteiger partial charge in [0, 0.05) is 16.7 Å². The van der Waals surface area contributed by atoms with E-state index < -0.39 is 11.9 Å². The van der Waals surface area contributed by atoms with E-state index in [0.717, 1.165) is 5.56 Å². The number of nitrogens with zero attached hydrogens (tertiary/aromatic N) is 3. The molecule has 1 aromatic heterocycles. The van der Waals surface area contributed by atoms with E-state index in [2.05, 4.69) is 10.9 Å². The zero-order valence-corrected chi connectivity index (χ0v) is 19.5. The van der Waals surface area contributed by atoms with Crippen LogP contribution in [0, 0.1) is 11.3 Å². The summed E-state index contributed by atoms with van der Waals surface area (Å²) >= 11 is 0. The lowest BCUT2D eigenvalue weighted by molar-refractivity contribution is 0.0929. The molecular weight excluding hydrogens is 466 g/mol. The first kappa shape index (κ1) is 23.5. The van der Waals surface area contributed by atoms with Gasteiger partial charge in [0.25, 0.3) is 11.5 Å². The number of aromatic hydroxyl groups is 1. The van der Waals surface area contributed by atoms with E-state index in [0.29, 0.717) is 33.5 Å². The summed E-state index contributed by atoms with van der Waals surface area (Å²) < 4.78 is 1.53. The molecule has 8 nitrogen and oxygen atoms in total. The monoisotopic (exact) mass is 487 g/mol. The Bertz CT molecular complexity index is 1690. The van der Waals surface area contributed by atoms with Gasteiger partial charge in [-0.25, -0.2) is 10.4 Å². The van der Waals surface area contributed by atoms with Gasteiger partial charge in [0.1, 0.15) is 17.6 Å². The molecule has 4 aromatic carbocycles. The second-order valence-corrected chi connectivity index (χ2v) is 8.23. The predicted octanol–water partition coefficient (Wildman–Crippen LogP) is 4.26. The van der Waals surface area contributed by atoms with Gasteiger partial charge in [0.05, 0.1) is 22.7 Å². The number of aromatic nitrogens is 2. The van der Waals surface area contributed by atoms with Crippen LogP contribution in [-0.4, -0.2) is 20.6 Å². The van der Waals surface area contributed by atoms with E-state index >= 15 is 0 Å². The fourth-order valence-electron chi connectivity index (χ4n) is 4.04. The molecule has 0 saturated carbocycles. The van der Waals surface area contributed by atoms with Crippen molar-refractivity contribution < 1.29 is 9.90 Å². The number of nitrogens with one attached hydrogen (secondary N) is 2. The van der Waals surface area contributed by atoms with Crippen molar-refractivity contribution in [1.82, 2.24) is 20.4 Å². The van der Waals surface area contributed by atoms with Gasteiger partial charge < -0.3 is 5.11 Å². The molecule has 5 aromatic rings. The zero-order valence-electron chi connectivity index (χ0n) is 19.5. The van der Waals surface area contributed by atoms with Crippen molar-refractivity contribution in [2.45, 2.75) is 6.04 Å². The summed E-state index contributed by atoms with van der Waals surface area (Å²) in [5.74, 6) is -0.0407. The van der Waals surface area contributed by atoms with Gasteiger partial charge in [0.15, 0.2) is 0 Å². The van der Waals surface area contributed by atoms with E-state index in [1.807, 2.05) is 42.5 Å². The molecule has 1 amide bonds. The third-order valence-corrected chi connectivity index (χ3v) is 5.90. The van der Waals surface area contributed by atoms with Crippen LogP contribution >= 0.6 is 0 Å². The first-order valence-electron chi connectivity index (χ1n) is 11.5. The zero-order chi connectivity index (χ0) is 25.8. The van der Waals surface area contributed by atoms with Crippen molar-refractivity contribution in [2.24, 2.45) is 0 Å². The number of carbonyl (C=O) groups is 1. The number of carbonyl (C=O) groups excluding carboxylic acids is 1. The molecule has 1 atom stereocenters. The van der Waals surface area contributed by atoms with Crippen LogP contribution in [-0.2, 0) is 0 Å². The highest BCUT2D eigenvalue weighted by Crippen LogP contribution is 2.24. The summed E-state index contributed by atoms with van der Waals surface area (Å²) in [6.07, 6.45) is 0. The fraction of sp³-hybridized carbons (Fsp3) is 0.0345. The van der Waals surface area contributed by atoms with Gasteiger partial charge in [-0.1, -0.05) is 60.7 Å². The Balaban J connectivity index is 1.45. The molecular formula is C29H21N5O3. The summed E-state index contributed by atoms with van der Waals surface area (Å²) in [5, 5.41) is 19.9. The number of hydrazine groups is 1. The van der Waals surface area contributed by atoms with Crippen LogP contribution in [0.1, 0.15) is 22.0 Å². The molecule has 37 heavy (non-hydrogen) atoms. The topological polar surface area (TPSA) is 120 Å². The fourth-order valence-corrected chi connectivity index (χ4v) is 4.04. The number of amides is 1. The highest BCUT2D eigenvalue weighted by molar-refractivity contribution is 5.94. The third kappa shape index (κ3) is 4.67. The lowest BCUT2D eigenvalue weighted by atomic mass is 10.1. The SMILES string of the molecule is N#CC(NNC(=O)c1ccc(-n2c(-c3ccccc3)nc3ccccc3c2=O)cc1)c1ccccc1O. The van der Waals surface area contributed by atoms with Crippen molar-refractivity contribution in [3.05, 3.63) is 125 Å². The second-order valence-electron chi connectivity index (χ2n) is 8.23. The minimum Gasteiger partial charge on any atom is -0.508 e. The second kappa shape index (κ2) is 10.2. The predicted molar refractivity (Wildman–Crippen MR) is 140 cm³/mol. The number of fused-ring (bicyclic) bond motifs is 1. The third-order valence-electron chi connectivity index (χ3n) is 5.90. The molecule has 1 heterocycles. The largest absolute Gasteiger partial charge is 0.508 e. The number of hydrogen-bond donors (Lipinski definition) is 3. The molecule has 0 radical (unpaired) electrons. The Kier molecular flexibility index (Phi) is 6.45. The standard InChI is InChI=1S/C29H21N5O3/c30-18-25(22-10-5-7-13-26(22)35)32-33-28(36)20-14-16-21(17-15-20)34-27(19-8-2-1-3-9-19)31-24-12-6-4-11-23(24)29(34)37/h1-17,25,32,35H,(H,33,36). The maximum Gasteiger partial charge on any atom is 0.266 e. The van der Waals surface area contributed by atoms with E-state index in [9.17, 15) is 20.0 Å². The van der Waals surface area contributed by atoms with E-state index in [1.54, 1.807) is 60.7 Å². The molecule has 0 aliphatic rings. The summed E-state index contributed by atoms with van der Waals surface area (Å²) in [6, 6.07) is 30.6. The Morgan fingerprint density at radius 2 is 1.57 bits per heavy atom. The number of benzene rings is 4. The molecule has 8 heteroatoms. The molecule has 1 unspecified atom stereocenters. The maximum absolute atomic E-state index is 13.5. The number of phenols is 1. The van der Waals surface area contributed by atoms with Gasteiger partial charge in [-0.3, -0.25) is 19.6 Å². The molecule has 0 bridgehead atoms. The van der Waals surface area contributed by atoms with E-state index in [-0.39, 0.29) is 11.3 Å². The average Bonchev–Trinajstić information content (AvgIpc) is 2.94. The molecule has 0 fully saturated rings. The number of nitriles is 1. The number of rotatable bonds is 6. The highest BCUT2D eigenvalue weighted by atomic mass is 16.3. The van der Waals surface area contributed by atoms with E-state index in [4.69, 9.17) is 4.98 Å². The molecule has 0 aliphatic carbocycles. The first-order chi connectivity index (χ1) is 18.1. The highest BCUT2D eigenvalue weighted by Gasteiger charge is 2.17. The van der Waals surface area contributed by atoms with Crippen LogP contribution < -0.4 is 16.4 Å². The Labute approximate surface area is 212 Å². The van der Waals surface area contributed by atoms with Crippen molar-refractivity contribution in [2.75, 3.05) is 0 Å². The normalized spacial score (nSPS) is 11.5. The first-order valence-corrected chi connectivity index (χ1v) is 11.5. The molecule has 3 N–H and O–H groups in total. The quantitative estimate of drug-likeness (QED) is 0.308. The van der Waals surface area contributed by atoms with Crippen molar-refractivity contribution in [1.29, 1.82) is 5.26 Å². The van der Waals surface area contributed by atoms with Crippen molar-refractivity contribution in [3.63, 3.8) is 0 Å². The molecule has 0 saturated heterocycles. The minimum absolute atomic E-state index is 0.0520. The maximum atomic E-state index is 13.5. The minimum atomic E-state index is -0.944. The summed E-state index contributed by atoms with van der Waals surface area (Å²) in [4.78, 5) is 31.0. The van der Waals surface area contributed by atoms with E-state index in [1.165, 1.54) is 10.6 Å². The van der Waals surface area contributed by atoms with Crippen molar-refractivity contribution >= 4 is 16.8 Å². The Morgan fingerprint density at radius 1 is 0.892 bits per heavy atom. The summed E-state index contributed by atoms with van der Waals surface area (Å²) in [6.45, 7) is 0. The lowest BCUT2D eigenvalue weighted by Crippen LogP contribution is -2.39. The van der Waals surface area contributed by atoms with Crippen LogP contribution in [0.3, 0.4) is 0 Å². The van der Waals surface area contributed by atoms with Gasteiger partial charge in [0.2, 0.25) is 0 Å². The lowest BCUT2D eigenvalue weighted by Gasteiger charge is -2.15. The summed E-state index contributed by atoms with van der Waals surface area (Å²) in [7, 11) is 0. The molecule has 5 rings (SSSR count). The Hall–Kier alpha value is -5.26. The number of para-hydroxylation sites is 2. The van der Waals surface area contributed by atoms with Gasteiger partial charge >= 0.3 is 0 Å². The van der Waals surface area contributed by atoms with Crippen LogP contribution in [0.25, 0.3) is 28.0 Å². The smallest absolute Gasteiger partial charge is 0.266 e. The number of hydrogen-bond acceptors (Lipinski definition) is 6. The van der Waals surface area contributed by atoms with Gasteiger partial charge in [-0.2, -0.15) is 5.26 Å². The molecule has 0 spiro atoms. The van der Waals surface area contributed by atoms with Crippen LogP contribution in [0.15, 0.2) is 108 Å². The van der Waals surface area contributed by atoms with Crippen LogP contribution in [0.4, 0.5) is 0 Å².